The van der Waals surface area contributed by atoms with Gasteiger partial charge in [0.15, 0.2) is 0 Å². The molecule has 0 aromatic heterocycles. The number of nitriles is 1. The second-order valence-corrected chi connectivity index (χ2v) is 6.18. The lowest BCUT2D eigenvalue weighted by Gasteiger charge is -2.30. The van der Waals surface area contributed by atoms with Crippen molar-refractivity contribution in [3.8, 4) is 11.8 Å². The summed E-state index contributed by atoms with van der Waals surface area (Å²) >= 11 is 0. The van der Waals surface area contributed by atoms with Crippen LogP contribution in [0.1, 0.15) is 34.3 Å². The number of β-amino-alcohol motifs (C(OH)–C–C–N with tert-alkyl or cyclic N) is 1. The topological polar surface area (TPSA) is 73.6 Å². The molecule has 2 aromatic carbocycles. The third kappa shape index (κ3) is 4.37. The van der Waals surface area contributed by atoms with E-state index < -0.39 is 6.10 Å². The van der Waals surface area contributed by atoms with Crippen molar-refractivity contribution in [2.24, 2.45) is 0 Å². The van der Waals surface area contributed by atoms with Crippen molar-refractivity contribution in [3.05, 3.63) is 65.2 Å². The van der Waals surface area contributed by atoms with Gasteiger partial charge in [-0.25, -0.2) is 0 Å². The van der Waals surface area contributed by atoms with Crippen LogP contribution in [0, 0.1) is 11.3 Å². The van der Waals surface area contributed by atoms with Crippen molar-refractivity contribution >= 4 is 5.91 Å². The maximum atomic E-state index is 12.6. The first-order chi connectivity index (χ1) is 12.2. The molecule has 0 aliphatic carbocycles. The maximum absolute atomic E-state index is 12.6. The summed E-state index contributed by atoms with van der Waals surface area (Å²) in [5.74, 6) is 0.557. The second-order valence-electron chi connectivity index (χ2n) is 6.18. The van der Waals surface area contributed by atoms with Crippen LogP contribution in [0.4, 0.5) is 0 Å². The highest BCUT2D eigenvalue weighted by atomic mass is 16.5. The van der Waals surface area contributed by atoms with Crippen molar-refractivity contribution < 1.29 is 14.6 Å². The Bertz CT molecular complexity index is 798. The number of carbonyl (C=O) groups excluding carboxylic acids is 1. The van der Waals surface area contributed by atoms with E-state index in [1.165, 1.54) is 0 Å². The van der Waals surface area contributed by atoms with Crippen molar-refractivity contribution in [2.75, 3.05) is 13.1 Å². The molecule has 1 N–H and O–H groups in total. The number of hydrogen-bond donors (Lipinski definition) is 1. The summed E-state index contributed by atoms with van der Waals surface area (Å²) in [6.45, 7) is 1.39. The van der Waals surface area contributed by atoms with Crippen LogP contribution in [0.5, 0.6) is 5.75 Å². The van der Waals surface area contributed by atoms with Crippen molar-refractivity contribution in [1.82, 2.24) is 4.90 Å². The molecule has 1 saturated heterocycles. The molecule has 25 heavy (non-hydrogen) atoms. The van der Waals surface area contributed by atoms with Crippen LogP contribution in [0.3, 0.4) is 0 Å². The number of aliphatic hydroxyl groups excluding tert-OH is 1. The van der Waals surface area contributed by atoms with Crippen LogP contribution in [-0.4, -0.2) is 35.1 Å². The fraction of sp³-hybridized carbons (Fsp3) is 0.300. The Kier molecular flexibility index (Phi) is 5.32. The normalized spacial score (nSPS) is 17.0. The van der Waals surface area contributed by atoms with Crippen LogP contribution in [0.15, 0.2) is 48.5 Å². The van der Waals surface area contributed by atoms with E-state index in [1.54, 1.807) is 35.2 Å². The van der Waals surface area contributed by atoms with Gasteiger partial charge in [0.1, 0.15) is 12.4 Å². The largest absolute Gasteiger partial charge is 0.489 e. The van der Waals surface area contributed by atoms with E-state index in [4.69, 9.17) is 10.00 Å². The molecule has 1 heterocycles. The molecule has 5 heteroatoms. The third-order valence-electron chi connectivity index (χ3n) is 4.23. The van der Waals surface area contributed by atoms with Gasteiger partial charge >= 0.3 is 0 Å². The van der Waals surface area contributed by atoms with Gasteiger partial charge in [-0.05, 0) is 48.7 Å². The molecular formula is C20H20N2O3. The molecule has 3 rings (SSSR count). The number of amides is 1. The van der Waals surface area contributed by atoms with Gasteiger partial charge in [-0.1, -0.05) is 18.2 Å². The van der Waals surface area contributed by atoms with E-state index in [1.807, 2.05) is 18.2 Å². The van der Waals surface area contributed by atoms with Gasteiger partial charge in [0.05, 0.1) is 17.7 Å². The summed E-state index contributed by atoms with van der Waals surface area (Å²) in [6, 6.07) is 16.4. The number of likely N-dealkylation sites (tertiary alicyclic amines) is 1. The molecule has 128 valence electrons. The first-order valence-electron chi connectivity index (χ1n) is 8.35. The molecule has 0 unspecified atom stereocenters. The van der Waals surface area contributed by atoms with Crippen LogP contribution in [0.2, 0.25) is 0 Å². The van der Waals surface area contributed by atoms with E-state index in [2.05, 4.69) is 6.07 Å². The van der Waals surface area contributed by atoms with Gasteiger partial charge < -0.3 is 14.7 Å². The minimum atomic E-state index is -0.434. The minimum absolute atomic E-state index is 0.0629. The number of hydrogen-bond acceptors (Lipinski definition) is 4. The smallest absolute Gasteiger partial charge is 0.253 e. The molecule has 1 amide bonds. The first kappa shape index (κ1) is 17.0. The van der Waals surface area contributed by atoms with E-state index in [9.17, 15) is 9.90 Å². The Morgan fingerprint density at radius 1 is 1.28 bits per heavy atom. The number of rotatable bonds is 4. The summed E-state index contributed by atoms with van der Waals surface area (Å²) in [7, 11) is 0. The SMILES string of the molecule is N#Cc1cccc(OCc2cccc(C(=O)N3CCC[C@H](O)C3)c2)c1. The summed E-state index contributed by atoms with van der Waals surface area (Å²) in [5, 5.41) is 18.7. The Morgan fingerprint density at radius 3 is 2.92 bits per heavy atom. The maximum Gasteiger partial charge on any atom is 0.253 e. The van der Waals surface area contributed by atoms with Crippen LogP contribution >= 0.6 is 0 Å². The Hall–Kier alpha value is -2.84. The monoisotopic (exact) mass is 336 g/mol. The zero-order valence-corrected chi connectivity index (χ0v) is 13.9. The van der Waals surface area contributed by atoms with Crippen molar-refractivity contribution in [3.63, 3.8) is 0 Å². The number of ether oxygens (including phenoxy) is 1. The van der Waals surface area contributed by atoms with Gasteiger partial charge in [-0.3, -0.25) is 4.79 Å². The van der Waals surface area contributed by atoms with E-state index >= 15 is 0 Å². The Labute approximate surface area is 147 Å². The number of nitrogens with zero attached hydrogens (tertiary/aromatic N) is 2. The highest BCUT2D eigenvalue weighted by Gasteiger charge is 2.23. The van der Waals surface area contributed by atoms with Gasteiger partial charge in [-0.2, -0.15) is 5.26 Å². The lowest BCUT2D eigenvalue weighted by Crippen LogP contribution is -2.42. The minimum Gasteiger partial charge on any atom is -0.489 e. The predicted molar refractivity (Wildman–Crippen MR) is 93.1 cm³/mol. The molecule has 0 saturated carbocycles. The third-order valence-corrected chi connectivity index (χ3v) is 4.23. The van der Waals surface area contributed by atoms with E-state index in [-0.39, 0.29) is 5.91 Å². The summed E-state index contributed by atoms with van der Waals surface area (Å²) in [5.41, 5.74) is 2.02. The molecule has 1 aliphatic heterocycles. The number of piperidine rings is 1. The molecule has 0 spiro atoms. The molecule has 2 aromatic rings. The summed E-state index contributed by atoms with van der Waals surface area (Å²) in [6.07, 6.45) is 1.14. The average Bonchev–Trinajstić information content (AvgIpc) is 2.66. The lowest BCUT2D eigenvalue weighted by molar-refractivity contribution is 0.0473. The van der Waals surface area contributed by atoms with Crippen LogP contribution < -0.4 is 4.74 Å². The fourth-order valence-corrected chi connectivity index (χ4v) is 2.94. The van der Waals surface area contributed by atoms with E-state index in [0.717, 1.165) is 18.4 Å². The number of aliphatic hydroxyl groups is 1. The summed E-state index contributed by atoms with van der Waals surface area (Å²) in [4.78, 5) is 14.3. The molecule has 1 atom stereocenters. The number of benzene rings is 2. The molecule has 0 radical (unpaired) electrons. The highest BCUT2D eigenvalue weighted by molar-refractivity contribution is 5.94. The molecule has 5 nitrogen and oxygen atoms in total. The average molecular weight is 336 g/mol. The van der Waals surface area contributed by atoms with E-state index in [0.29, 0.717) is 36.6 Å². The standard InChI is InChI=1S/C20H20N2O3/c21-12-15-4-2-8-19(11-15)25-14-16-5-1-6-17(10-16)20(24)22-9-3-7-18(23)13-22/h1-2,4-6,8,10-11,18,23H,3,7,9,13-14H2/t18-/m0/s1. The summed E-state index contributed by atoms with van der Waals surface area (Å²) < 4.78 is 5.72. The Morgan fingerprint density at radius 2 is 2.12 bits per heavy atom. The van der Waals surface area contributed by atoms with Crippen molar-refractivity contribution in [2.45, 2.75) is 25.6 Å². The van der Waals surface area contributed by atoms with Crippen LogP contribution in [-0.2, 0) is 6.61 Å². The zero-order chi connectivity index (χ0) is 17.6. The number of carbonyl (C=O) groups is 1. The molecule has 0 bridgehead atoms. The van der Waals surface area contributed by atoms with Gasteiger partial charge in [0, 0.05) is 18.7 Å². The molecular weight excluding hydrogens is 316 g/mol. The lowest BCUT2D eigenvalue weighted by atomic mass is 10.1. The fourth-order valence-electron chi connectivity index (χ4n) is 2.94. The predicted octanol–water partition coefficient (Wildman–Crippen LogP) is 2.73. The van der Waals surface area contributed by atoms with Crippen molar-refractivity contribution in [1.29, 1.82) is 5.26 Å². The zero-order valence-electron chi connectivity index (χ0n) is 13.9. The quantitative estimate of drug-likeness (QED) is 0.932. The molecule has 1 aliphatic rings. The van der Waals surface area contributed by atoms with Gasteiger partial charge in [-0.15, -0.1) is 0 Å². The van der Waals surface area contributed by atoms with Crippen LogP contribution in [0.25, 0.3) is 0 Å². The highest BCUT2D eigenvalue weighted by Crippen LogP contribution is 2.17. The van der Waals surface area contributed by atoms with Gasteiger partial charge in [0.2, 0.25) is 0 Å². The Balaban J connectivity index is 1.66. The van der Waals surface area contributed by atoms with Gasteiger partial charge in [0.25, 0.3) is 5.91 Å². The second kappa shape index (κ2) is 7.82. The molecule has 1 fully saturated rings. The first-order valence-corrected chi connectivity index (χ1v) is 8.35.